The van der Waals surface area contributed by atoms with E-state index in [2.05, 4.69) is 15.9 Å². The molecule has 2 aromatic rings. The molecule has 0 saturated heterocycles. The zero-order valence-corrected chi connectivity index (χ0v) is 12.9. The van der Waals surface area contributed by atoms with Crippen molar-refractivity contribution in [3.8, 4) is 0 Å². The molecule has 1 unspecified atom stereocenters. The Morgan fingerprint density at radius 2 is 1.83 bits per heavy atom. The van der Waals surface area contributed by atoms with Gasteiger partial charge in [0.1, 0.15) is 11.6 Å². The number of benzene rings is 1. The Morgan fingerprint density at radius 3 is 2.39 bits per heavy atom. The van der Waals surface area contributed by atoms with E-state index in [1.807, 2.05) is 19.9 Å². The maximum atomic E-state index is 13.8. The van der Waals surface area contributed by atoms with Gasteiger partial charge in [-0.15, -0.1) is 11.3 Å². The normalized spacial score (nSPS) is 12.8. The molecular weight excluding hydrogens is 342 g/mol. The summed E-state index contributed by atoms with van der Waals surface area (Å²) in [5.74, 6) is -1.11. The van der Waals surface area contributed by atoms with Gasteiger partial charge in [0.15, 0.2) is 0 Å². The van der Waals surface area contributed by atoms with Crippen LogP contribution in [0.25, 0.3) is 0 Å². The van der Waals surface area contributed by atoms with E-state index in [0.717, 1.165) is 27.5 Å². The molecule has 18 heavy (non-hydrogen) atoms. The molecule has 5 heteroatoms. The van der Waals surface area contributed by atoms with Crippen LogP contribution in [0.5, 0.6) is 0 Å². The van der Waals surface area contributed by atoms with Crippen LogP contribution in [0.15, 0.2) is 18.2 Å². The Balaban J connectivity index is 2.49. The van der Waals surface area contributed by atoms with Crippen molar-refractivity contribution in [1.29, 1.82) is 0 Å². The Morgan fingerprint density at radius 1 is 1.17 bits per heavy atom. The molecule has 1 aromatic heterocycles. The van der Waals surface area contributed by atoms with Gasteiger partial charge in [-0.05, 0) is 37.6 Å². The average molecular weight is 352 g/mol. The third kappa shape index (κ3) is 2.60. The summed E-state index contributed by atoms with van der Waals surface area (Å²) in [5, 5.41) is -0.199. The minimum absolute atomic E-state index is 0.199. The predicted molar refractivity (Wildman–Crippen MR) is 75.9 cm³/mol. The minimum Gasteiger partial charge on any atom is -0.207 e. The van der Waals surface area contributed by atoms with Gasteiger partial charge in [0, 0.05) is 15.3 Å². The van der Waals surface area contributed by atoms with Crippen LogP contribution in [-0.4, -0.2) is 0 Å². The molecule has 0 aliphatic rings. The highest BCUT2D eigenvalue weighted by Gasteiger charge is 2.20. The lowest BCUT2D eigenvalue weighted by Gasteiger charge is -2.11. The molecule has 0 nitrogen and oxygen atoms in total. The Kier molecular flexibility index (Phi) is 4.09. The van der Waals surface area contributed by atoms with Crippen LogP contribution in [0.1, 0.15) is 25.7 Å². The first-order valence-corrected chi connectivity index (χ1v) is 7.36. The molecule has 0 aliphatic heterocycles. The third-order valence-corrected chi connectivity index (χ3v) is 5.38. The van der Waals surface area contributed by atoms with Crippen molar-refractivity contribution in [3.63, 3.8) is 0 Å². The fraction of sp³-hybridized carbons (Fsp3) is 0.231. The molecule has 0 amide bonds. The number of hydrogen-bond acceptors (Lipinski definition) is 1. The van der Waals surface area contributed by atoms with Gasteiger partial charge in [-0.3, -0.25) is 0 Å². The van der Waals surface area contributed by atoms with Crippen LogP contribution in [0.3, 0.4) is 0 Å². The van der Waals surface area contributed by atoms with E-state index in [0.29, 0.717) is 0 Å². The van der Waals surface area contributed by atoms with Crippen LogP contribution in [-0.2, 0) is 0 Å². The second-order valence-corrected chi connectivity index (χ2v) is 6.67. The summed E-state index contributed by atoms with van der Waals surface area (Å²) < 4.78 is 27.3. The average Bonchev–Trinajstić information content (AvgIpc) is 2.62. The maximum absolute atomic E-state index is 13.8. The van der Waals surface area contributed by atoms with Gasteiger partial charge < -0.3 is 0 Å². The zero-order valence-electron chi connectivity index (χ0n) is 9.73. The van der Waals surface area contributed by atoms with Crippen LogP contribution in [0, 0.1) is 25.5 Å². The lowest BCUT2D eigenvalue weighted by Crippen LogP contribution is -1.97. The second-order valence-electron chi connectivity index (χ2n) is 4.05. The van der Waals surface area contributed by atoms with E-state index in [1.165, 1.54) is 0 Å². The summed E-state index contributed by atoms with van der Waals surface area (Å²) in [5.41, 5.74) is 1.33. The van der Waals surface area contributed by atoms with Gasteiger partial charge in [-0.1, -0.05) is 27.5 Å². The minimum atomic E-state index is -0.608. The summed E-state index contributed by atoms with van der Waals surface area (Å²) in [6.07, 6.45) is 0. The largest absolute Gasteiger partial charge is 0.207 e. The molecule has 0 saturated carbocycles. The summed E-state index contributed by atoms with van der Waals surface area (Å²) in [6.45, 7) is 3.94. The van der Waals surface area contributed by atoms with Crippen LogP contribution >= 0.6 is 38.9 Å². The van der Waals surface area contributed by atoms with Crippen LogP contribution < -0.4 is 0 Å². The molecule has 1 heterocycles. The Hall–Kier alpha value is -0.450. The van der Waals surface area contributed by atoms with E-state index in [4.69, 9.17) is 11.6 Å². The van der Waals surface area contributed by atoms with Crippen molar-refractivity contribution < 1.29 is 8.78 Å². The van der Waals surface area contributed by atoms with Crippen LogP contribution in [0.4, 0.5) is 8.78 Å². The third-order valence-electron chi connectivity index (χ3n) is 2.62. The molecule has 0 spiro atoms. The maximum Gasteiger partial charge on any atom is 0.142 e. The lowest BCUT2D eigenvalue weighted by molar-refractivity contribution is 0.589. The van der Waals surface area contributed by atoms with Gasteiger partial charge in [0.2, 0.25) is 0 Å². The smallest absolute Gasteiger partial charge is 0.142 e. The van der Waals surface area contributed by atoms with Gasteiger partial charge in [0.05, 0.1) is 9.85 Å². The standard InChI is InChI=1S/C13H10BrClF2S/c1-6-3-7(2)18-13(6)12(14)8-4-11(17)9(15)5-10(8)16/h3-5,12H,1-2H3. The Labute approximate surface area is 122 Å². The monoisotopic (exact) mass is 350 g/mol. The first-order chi connectivity index (χ1) is 8.40. The summed E-state index contributed by atoms with van der Waals surface area (Å²) in [7, 11) is 0. The highest BCUT2D eigenvalue weighted by atomic mass is 79.9. The number of alkyl halides is 1. The number of hydrogen-bond donors (Lipinski definition) is 0. The van der Waals surface area contributed by atoms with Crippen molar-refractivity contribution >= 4 is 38.9 Å². The molecular formula is C13H10BrClF2S. The molecule has 96 valence electrons. The van der Waals surface area contributed by atoms with Crippen molar-refractivity contribution in [1.82, 2.24) is 0 Å². The molecule has 0 bridgehead atoms. The fourth-order valence-electron chi connectivity index (χ4n) is 1.78. The summed E-state index contributed by atoms with van der Waals surface area (Å²) >= 11 is 10.5. The van der Waals surface area contributed by atoms with Crippen molar-refractivity contribution in [2.45, 2.75) is 18.7 Å². The molecule has 1 atom stereocenters. The quantitative estimate of drug-likeness (QED) is 0.475. The van der Waals surface area contributed by atoms with Crippen molar-refractivity contribution in [3.05, 3.63) is 55.7 Å². The first kappa shape index (κ1) is 14.0. The second kappa shape index (κ2) is 5.27. The van der Waals surface area contributed by atoms with Crippen molar-refractivity contribution in [2.24, 2.45) is 0 Å². The SMILES string of the molecule is Cc1cc(C)c(C(Br)c2cc(F)c(Cl)cc2F)s1. The van der Waals surface area contributed by atoms with Gasteiger partial charge in [-0.25, -0.2) is 8.78 Å². The zero-order chi connectivity index (χ0) is 13.4. The predicted octanol–water partition coefficient (Wildman–Crippen LogP) is 5.78. The summed E-state index contributed by atoms with van der Waals surface area (Å²) in [4.78, 5) is 1.76. The fourth-order valence-corrected chi connectivity index (χ4v) is 3.96. The van der Waals surface area contributed by atoms with E-state index in [9.17, 15) is 8.78 Å². The molecule has 0 aliphatic carbocycles. The molecule has 0 fully saturated rings. The van der Waals surface area contributed by atoms with E-state index < -0.39 is 11.6 Å². The first-order valence-electron chi connectivity index (χ1n) is 5.25. The number of aryl methyl sites for hydroxylation is 2. The molecule has 0 N–H and O–H groups in total. The topological polar surface area (TPSA) is 0 Å². The van der Waals surface area contributed by atoms with Crippen LogP contribution in [0.2, 0.25) is 5.02 Å². The highest BCUT2D eigenvalue weighted by Crippen LogP contribution is 2.39. The highest BCUT2D eigenvalue weighted by molar-refractivity contribution is 9.09. The number of thiophene rings is 1. The molecule has 1 aromatic carbocycles. The van der Waals surface area contributed by atoms with E-state index in [1.54, 1.807) is 11.3 Å². The molecule has 2 rings (SSSR count). The summed E-state index contributed by atoms with van der Waals surface area (Å²) in [6, 6.07) is 4.18. The number of rotatable bonds is 2. The Bertz CT molecular complexity index is 595. The molecule has 0 radical (unpaired) electrons. The van der Waals surface area contributed by atoms with Gasteiger partial charge in [-0.2, -0.15) is 0 Å². The van der Waals surface area contributed by atoms with E-state index in [-0.39, 0.29) is 15.4 Å². The van der Waals surface area contributed by atoms with Crippen molar-refractivity contribution in [2.75, 3.05) is 0 Å². The van der Waals surface area contributed by atoms with E-state index >= 15 is 0 Å². The number of halogens is 4. The lowest BCUT2D eigenvalue weighted by atomic mass is 10.1. The van der Waals surface area contributed by atoms with Gasteiger partial charge in [0.25, 0.3) is 0 Å². The van der Waals surface area contributed by atoms with Gasteiger partial charge >= 0.3 is 0 Å².